The van der Waals surface area contributed by atoms with Crippen molar-refractivity contribution in [2.45, 2.75) is 57.1 Å². The number of hydrogen-bond acceptors (Lipinski definition) is 6. The highest BCUT2D eigenvalue weighted by Gasteiger charge is 2.36. The average molecular weight is 490 g/mol. The van der Waals surface area contributed by atoms with E-state index in [1.807, 2.05) is 0 Å². The van der Waals surface area contributed by atoms with Gasteiger partial charge in [0.1, 0.15) is 17.4 Å². The van der Waals surface area contributed by atoms with Crippen LogP contribution in [0.1, 0.15) is 39.2 Å². The third-order valence-electron chi connectivity index (χ3n) is 5.28. The monoisotopic (exact) mass is 489 g/mol. The second kappa shape index (κ2) is 9.92. The number of sulfonamides is 1. The molecule has 2 amide bonds. The topological polar surface area (TPSA) is 114 Å². The molecule has 184 valence electrons. The lowest BCUT2D eigenvalue weighted by Gasteiger charge is -2.28. The molecule has 1 fully saturated rings. The van der Waals surface area contributed by atoms with Gasteiger partial charge in [0.05, 0.1) is 17.7 Å². The van der Waals surface area contributed by atoms with Crippen LogP contribution in [0.5, 0.6) is 5.75 Å². The lowest BCUT2D eigenvalue weighted by Crippen LogP contribution is -2.45. The van der Waals surface area contributed by atoms with E-state index in [2.05, 4.69) is 10.0 Å². The van der Waals surface area contributed by atoms with Gasteiger partial charge in [-0.2, -0.15) is 0 Å². The van der Waals surface area contributed by atoms with E-state index in [9.17, 15) is 18.0 Å². The Kier molecular flexibility index (Phi) is 7.40. The van der Waals surface area contributed by atoms with Gasteiger partial charge in [-0.1, -0.05) is 18.2 Å². The van der Waals surface area contributed by atoms with Gasteiger partial charge in [-0.05, 0) is 70.4 Å². The lowest BCUT2D eigenvalue weighted by molar-refractivity contribution is -0.120. The number of benzene rings is 2. The molecule has 0 saturated carbocycles. The molecule has 0 aliphatic carbocycles. The van der Waals surface area contributed by atoms with Crippen molar-refractivity contribution in [2.24, 2.45) is 0 Å². The number of methoxy groups -OCH3 is 1. The molecule has 2 aromatic rings. The van der Waals surface area contributed by atoms with E-state index >= 15 is 0 Å². The van der Waals surface area contributed by atoms with E-state index in [0.29, 0.717) is 42.1 Å². The Bertz CT molecular complexity index is 1170. The van der Waals surface area contributed by atoms with Gasteiger partial charge in [-0.25, -0.2) is 13.2 Å². The number of likely N-dealkylation sites (tertiary alicyclic amines) is 1. The zero-order valence-electron chi connectivity index (χ0n) is 20.0. The summed E-state index contributed by atoms with van der Waals surface area (Å²) < 4.78 is 39.4. The first-order chi connectivity index (χ1) is 15.9. The minimum absolute atomic E-state index is 0.0200. The zero-order valence-corrected chi connectivity index (χ0v) is 20.9. The first-order valence-corrected chi connectivity index (χ1v) is 12.5. The van der Waals surface area contributed by atoms with Crippen molar-refractivity contribution in [3.63, 3.8) is 0 Å². The maximum atomic E-state index is 13.1. The first kappa shape index (κ1) is 25.4. The fraction of sp³-hybridized carbons (Fsp3) is 0.417. The maximum absolute atomic E-state index is 13.1. The van der Waals surface area contributed by atoms with Crippen molar-refractivity contribution < 1.29 is 27.5 Å². The predicted octanol–water partition coefficient (Wildman–Crippen LogP) is 4.14. The number of nitrogens with zero attached hydrogens (tertiary/aromatic N) is 1. The fourth-order valence-corrected chi connectivity index (χ4v) is 5.04. The number of carbonyl (C=O) groups excluding carboxylic acids is 2. The van der Waals surface area contributed by atoms with Crippen LogP contribution in [0, 0.1) is 6.92 Å². The molecule has 10 heteroatoms. The normalized spacial score (nSPS) is 16.1. The second-order valence-corrected chi connectivity index (χ2v) is 10.8. The summed E-state index contributed by atoms with van der Waals surface area (Å²) in [4.78, 5) is 26.9. The van der Waals surface area contributed by atoms with E-state index in [-0.39, 0.29) is 4.90 Å². The van der Waals surface area contributed by atoms with Crippen molar-refractivity contribution in [2.75, 3.05) is 23.7 Å². The molecular formula is C24H31N3O6S. The Morgan fingerprint density at radius 3 is 2.50 bits per heavy atom. The van der Waals surface area contributed by atoms with Crippen LogP contribution in [-0.4, -0.2) is 50.6 Å². The second-order valence-electron chi connectivity index (χ2n) is 9.11. The molecule has 0 radical (unpaired) electrons. The van der Waals surface area contributed by atoms with Crippen molar-refractivity contribution >= 4 is 33.4 Å². The highest BCUT2D eigenvalue weighted by molar-refractivity contribution is 7.92. The number of amides is 2. The number of carbonyl (C=O) groups is 2. The number of nitrogens with one attached hydrogen (secondary N) is 2. The molecule has 0 bridgehead atoms. The fourth-order valence-electron chi connectivity index (χ4n) is 3.70. The molecule has 1 heterocycles. The summed E-state index contributed by atoms with van der Waals surface area (Å²) in [7, 11) is -2.51. The Morgan fingerprint density at radius 1 is 1.12 bits per heavy atom. The number of hydrogen-bond donors (Lipinski definition) is 2. The van der Waals surface area contributed by atoms with Crippen LogP contribution < -0.4 is 14.8 Å². The highest BCUT2D eigenvalue weighted by atomic mass is 32.2. The van der Waals surface area contributed by atoms with Crippen LogP contribution >= 0.6 is 0 Å². The molecule has 0 aromatic heterocycles. The molecule has 2 aromatic carbocycles. The molecule has 0 unspecified atom stereocenters. The Labute approximate surface area is 200 Å². The first-order valence-electron chi connectivity index (χ1n) is 11.0. The minimum atomic E-state index is -3.96. The maximum Gasteiger partial charge on any atom is 0.410 e. The van der Waals surface area contributed by atoms with E-state index in [0.717, 1.165) is 0 Å². The summed E-state index contributed by atoms with van der Waals surface area (Å²) in [5, 5.41) is 2.75. The molecule has 9 nitrogen and oxygen atoms in total. The summed E-state index contributed by atoms with van der Waals surface area (Å²) in [5.74, 6) is -0.00935. The van der Waals surface area contributed by atoms with E-state index in [4.69, 9.17) is 9.47 Å². The molecule has 34 heavy (non-hydrogen) atoms. The van der Waals surface area contributed by atoms with Gasteiger partial charge in [-0.15, -0.1) is 0 Å². The summed E-state index contributed by atoms with van der Waals surface area (Å²) in [5.41, 5.74) is 0.455. The van der Waals surface area contributed by atoms with Crippen LogP contribution in [0.4, 0.5) is 16.2 Å². The Morgan fingerprint density at radius 2 is 1.82 bits per heavy atom. The van der Waals surface area contributed by atoms with Crippen LogP contribution in [0.3, 0.4) is 0 Å². The molecular weight excluding hydrogens is 458 g/mol. The molecule has 2 N–H and O–H groups in total. The summed E-state index contributed by atoms with van der Waals surface area (Å²) in [6.45, 7) is 7.39. The van der Waals surface area contributed by atoms with Gasteiger partial charge in [0.2, 0.25) is 5.91 Å². The summed E-state index contributed by atoms with van der Waals surface area (Å²) >= 11 is 0. The molecule has 1 saturated heterocycles. The number of aryl methyl sites for hydroxylation is 1. The van der Waals surface area contributed by atoms with Crippen molar-refractivity contribution in [1.82, 2.24) is 4.90 Å². The smallest absolute Gasteiger partial charge is 0.410 e. The van der Waals surface area contributed by atoms with Crippen LogP contribution in [-0.2, 0) is 19.6 Å². The van der Waals surface area contributed by atoms with Crippen molar-refractivity contribution in [3.05, 3.63) is 48.0 Å². The SMILES string of the molecule is COc1ccccc1NS(=O)(=O)c1cc(NC(=O)[C@@H]2CCCN2C(=O)OC(C)(C)C)ccc1C. The summed E-state index contributed by atoms with van der Waals surface area (Å²) in [6.07, 6.45) is 0.629. The van der Waals surface area contributed by atoms with E-state index in [1.54, 1.807) is 64.1 Å². The quantitative estimate of drug-likeness (QED) is 0.630. The largest absolute Gasteiger partial charge is 0.495 e. The van der Waals surface area contributed by atoms with Gasteiger partial charge >= 0.3 is 6.09 Å². The van der Waals surface area contributed by atoms with Gasteiger partial charge in [0.25, 0.3) is 10.0 Å². The predicted molar refractivity (Wildman–Crippen MR) is 130 cm³/mol. The van der Waals surface area contributed by atoms with Gasteiger partial charge < -0.3 is 14.8 Å². The summed E-state index contributed by atoms with van der Waals surface area (Å²) in [6, 6.07) is 10.6. The van der Waals surface area contributed by atoms with Gasteiger partial charge in [-0.3, -0.25) is 14.4 Å². The number of anilines is 2. The minimum Gasteiger partial charge on any atom is -0.495 e. The molecule has 1 atom stereocenters. The third kappa shape index (κ3) is 5.99. The van der Waals surface area contributed by atoms with Crippen LogP contribution in [0.15, 0.2) is 47.4 Å². The zero-order chi connectivity index (χ0) is 25.1. The lowest BCUT2D eigenvalue weighted by atomic mass is 10.2. The van der Waals surface area contributed by atoms with E-state index < -0.39 is 33.7 Å². The molecule has 0 spiro atoms. The molecule has 3 rings (SSSR count). The number of rotatable bonds is 6. The molecule has 1 aliphatic rings. The van der Waals surface area contributed by atoms with Crippen molar-refractivity contribution in [3.8, 4) is 5.75 Å². The van der Waals surface area contributed by atoms with Crippen LogP contribution in [0.2, 0.25) is 0 Å². The van der Waals surface area contributed by atoms with Crippen LogP contribution in [0.25, 0.3) is 0 Å². The van der Waals surface area contributed by atoms with E-state index in [1.165, 1.54) is 18.1 Å². The number of ether oxygens (including phenoxy) is 2. The number of para-hydroxylation sites is 2. The third-order valence-corrected chi connectivity index (χ3v) is 6.79. The average Bonchev–Trinajstić information content (AvgIpc) is 3.24. The van der Waals surface area contributed by atoms with Crippen molar-refractivity contribution in [1.29, 1.82) is 0 Å². The molecule has 1 aliphatic heterocycles. The highest BCUT2D eigenvalue weighted by Crippen LogP contribution is 2.29. The Balaban J connectivity index is 1.79. The Hall–Kier alpha value is -3.27. The van der Waals surface area contributed by atoms with Gasteiger partial charge in [0, 0.05) is 12.2 Å². The standard InChI is InChI=1S/C24H31N3O6S/c1-16-12-13-17(15-21(16)34(30,31)26-18-9-6-7-11-20(18)32-5)25-22(28)19-10-8-14-27(19)23(29)33-24(2,3)4/h6-7,9,11-13,15,19,26H,8,10,14H2,1-5H3,(H,25,28)/t19-/m0/s1. The van der Waals surface area contributed by atoms with Gasteiger partial charge in [0.15, 0.2) is 0 Å².